The standard InChI is InChI=1S/C10H22ClN/c1-9(2)5-7-12(8-6-11)10(3)4/h9-10H,5-8H2,1-4H3. The Kier molecular flexibility index (Phi) is 6.87. The van der Waals surface area contributed by atoms with Gasteiger partial charge in [0.05, 0.1) is 0 Å². The second-order valence-corrected chi connectivity index (χ2v) is 4.38. The normalized spacial score (nSPS) is 12.0. The van der Waals surface area contributed by atoms with E-state index in [9.17, 15) is 0 Å². The van der Waals surface area contributed by atoms with Crippen LogP contribution >= 0.6 is 11.6 Å². The van der Waals surface area contributed by atoms with E-state index < -0.39 is 0 Å². The molecular weight excluding hydrogens is 170 g/mol. The summed E-state index contributed by atoms with van der Waals surface area (Å²) in [6, 6.07) is 0.627. The number of alkyl halides is 1. The van der Waals surface area contributed by atoms with Gasteiger partial charge in [0.2, 0.25) is 0 Å². The van der Waals surface area contributed by atoms with Gasteiger partial charge in [-0.25, -0.2) is 0 Å². The Labute approximate surface area is 82.1 Å². The first-order valence-corrected chi connectivity index (χ1v) is 5.41. The maximum atomic E-state index is 5.71. The molecule has 0 fully saturated rings. The highest BCUT2D eigenvalue weighted by Crippen LogP contribution is 2.05. The molecule has 12 heavy (non-hydrogen) atoms. The summed E-state index contributed by atoms with van der Waals surface area (Å²) >= 11 is 5.71. The van der Waals surface area contributed by atoms with Gasteiger partial charge in [-0.1, -0.05) is 13.8 Å². The summed E-state index contributed by atoms with van der Waals surface area (Å²) in [5.74, 6) is 1.54. The molecule has 0 aliphatic carbocycles. The Balaban J connectivity index is 3.63. The minimum Gasteiger partial charge on any atom is -0.300 e. The van der Waals surface area contributed by atoms with Crippen molar-refractivity contribution in [3.63, 3.8) is 0 Å². The molecule has 0 saturated heterocycles. The van der Waals surface area contributed by atoms with Gasteiger partial charge < -0.3 is 0 Å². The number of hydrogen-bond donors (Lipinski definition) is 0. The van der Waals surface area contributed by atoms with Crippen LogP contribution in [0, 0.1) is 5.92 Å². The third-order valence-electron chi connectivity index (χ3n) is 2.10. The lowest BCUT2D eigenvalue weighted by molar-refractivity contribution is 0.222. The van der Waals surface area contributed by atoms with E-state index in [1.807, 2.05) is 0 Å². The zero-order valence-corrected chi connectivity index (χ0v) is 9.56. The van der Waals surface area contributed by atoms with Crippen molar-refractivity contribution in [1.29, 1.82) is 0 Å². The van der Waals surface area contributed by atoms with Gasteiger partial charge in [0, 0.05) is 18.5 Å². The fourth-order valence-corrected chi connectivity index (χ4v) is 1.38. The highest BCUT2D eigenvalue weighted by molar-refractivity contribution is 6.18. The Morgan fingerprint density at radius 2 is 1.67 bits per heavy atom. The average molecular weight is 192 g/mol. The molecule has 0 amide bonds. The molecule has 0 aromatic rings. The van der Waals surface area contributed by atoms with Crippen molar-refractivity contribution in [2.45, 2.75) is 40.2 Å². The van der Waals surface area contributed by atoms with Gasteiger partial charge in [-0.3, -0.25) is 4.90 Å². The molecule has 0 aromatic carbocycles. The van der Waals surface area contributed by atoms with Crippen molar-refractivity contribution in [1.82, 2.24) is 4.90 Å². The summed E-state index contributed by atoms with van der Waals surface area (Å²) in [6.45, 7) is 11.2. The molecule has 0 atom stereocenters. The molecule has 0 radical (unpaired) electrons. The zero-order chi connectivity index (χ0) is 9.56. The fourth-order valence-electron chi connectivity index (χ4n) is 1.16. The predicted molar refractivity (Wildman–Crippen MR) is 56.9 cm³/mol. The average Bonchev–Trinajstić information content (AvgIpc) is 1.96. The zero-order valence-electron chi connectivity index (χ0n) is 8.81. The maximum absolute atomic E-state index is 5.71. The first-order valence-electron chi connectivity index (χ1n) is 4.88. The summed E-state index contributed by atoms with van der Waals surface area (Å²) in [4.78, 5) is 2.44. The van der Waals surface area contributed by atoms with E-state index in [4.69, 9.17) is 11.6 Å². The molecule has 0 bridgehead atoms. The van der Waals surface area contributed by atoms with Crippen LogP contribution in [0.5, 0.6) is 0 Å². The minimum absolute atomic E-state index is 0.627. The van der Waals surface area contributed by atoms with E-state index in [2.05, 4.69) is 32.6 Å². The van der Waals surface area contributed by atoms with Crippen molar-refractivity contribution >= 4 is 11.6 Å². The van der Waals surface area contributed by atoms with Crippen molar-refractivity contribution in [3.8, 4) is 0 Å². The number of halogens is 1. The molecule has 0 saturated carbocycles. The van der Waals surface area contributed by atoms with Gasteiger partial charge in [-0.05, 0) is 32.7 Å². The summed E-state index contributed by atoms with van der Waals surface area (Å²) < 4.78 is 0. The molecule has 0 aromatic heterocycles. The van der Waals surface area contributed by atoms with Gasteiger partial charge >= 0.3 is 0 Å². The molecule has 2 heteroatoms. The van der Waals surface area contributed by atoms with Crippen LogP contribution < -0.4 is 0 Å². The number of hydrogen-bond acceptors (Lipinski definition) is 1. The van der Waals surface area contributed by atoms with E-state index in [1.165, 1.54) is 13.0 Å². The highest BCUT2D eigenvalue weighted by Gasteiger charge is 2.08. The van der Waals surface area contributed by atoms with Crippen molar-refractivity contribution in [3.05, 3.63) is 0 Å². The van der Waals surface area contributed by atoms with E-state index in [-0.39, 0.29) is 0 Å². The lowest BCUT2D eigenvalue weighted by atomic mass is 10.1. The second-order valence-electron chi connectivity index (χ2n) is 4.00. The van der Waals surface area contributed by atoms with Crippen LogP contribution in [-0.2, 0) is 0 Å². The van der Waals surface area contributed by atoms with E-state index in [0.29, 0.717) is 6.04 Å². The fraction of sp³-hybridized carbons (Fsp3) is 1.00. The molecular formula is C10H22ClN. The highest BCUT2D eigenvalue weighted by atomic mass is 35.5. The van der Waals surface area contributed by atoms with Crippen molar-refractivity contribution in [2.24, 2.45) is 5.92 Å². The summed E-state index contributed by atoms with van der Waals surface area (Å²) in [6.07, 6.45) is 1.27. The van der Waals surface area contributed by atoms with E-state index >= 15 is 0 Å². The van der Waals surface area contributed by atoms with Crippen LogP contribution in [0.1, 0.15) is 34.1 Å². The van der Waals surface area contributed by atoms with Crippen LogP contribution in [0.2, 0.25) is 0 Å². The van der Waals surface area contributed by atoms with Crippen molar-refractivity contribution < 1.29 is 0 Å². The van der Waals surface area contributed by atoms with Crippen LogP contribution in [0.25, 0.3) is 0 Å². The first kappa shape index (κ1) is 12.2. The summed E-state index contributed by atoms with van der Waals surface area (Å²) in [5, 5.41) is 0. The van der Waals surface area contributed by atoms with Crippen LogP contribution in [0.4, 0.5) is 0 Å². The van der Waals surface area contributed by atoms with E-state index in [1.54, 1.807) is 0 Å². The van der Waals surface area contributed by atoms with Crippen molar-refractivity contribution in [2.75, 3.05) is 19.0 Å². The Morgan fingerprint density at radius 1 is 1.08 bits per heavy atom. The lowest BCUT2D eigenvalue weighted by Crippen LogP contribution is -2.34. The molecule has 0 unspecified atom stereocenters. The minimum atomic E-state index is 0.627. The molecule has 0 aliphatic heterocycles. The molecule has 0 N–H and O–H groups in total. The van der Waals surface area contributed by atoms with Crippen LogP contribution in [0.3, 0.4) is 0 Å². The first-order chi connectivity index (χ1) is 5.57. The smallest absolute Gasteiger partial charge is 0.0351 e. The SMILES string of the molecule is CC(C)CCN(CCCl)C(C)C. The predicted octanol–water partition coefficient (Wildman–Crippen LogP) is 2.98. The molecule has 0 aliphatic rings. The molecule has 1 nitrogen and oxygen atoms in total. The molecule has 74 valence electrons. The van der Waals surface area contributed by atoms with Gasteiger partial charge in [0.25, 0.3) is 0 Å². The van der Waals surface area contributed by atoms with Gasteiger partial charge in [0.1, 0.15) is 0 Å². The van der Waals surface area contributed by atoms with Gasteiger partial charge in [-0.2, -0.15) is 0 Å². The largest absolute Gasteiger partial charge is 0.300 e. The van der Waals surface area contributed by atoms with Gasteiger partial charge in [0.15, 0.2) is 0 Å². The number of nitrogens with zero attached hydrogens (tertiary/aromatic N) is 1. The molecule has 0 spiro atoms. The van der Waals surface area contributed by atoms with Crippen LogP contribution in [0.15, 0.2) is 0 Å². The summed E-state index contributed by atoms with van der Waals surface area (Å²) in [5.41, 5.74) is 0. The topological polar surface area (TPSA) is 3.24 Å². The Bertz CT molecular complexity index is 102. The lowest BCUT2D eigenvalue weighted by Gasteiger charge is -2.26. The quantitative estimate of drug-likeness (QED) is 0.584. The third kappa shape index (κ3) is 5.84. The van der Waals surface area contributed by atoms with Gasteiger partial charge in [-0.15, -0.1) is 11.6 Å². The number of rotatable bonds is 6. The van der Waals surface area contributed by atoms with E-state index in [0.717, 1.165) is 18.3 Å². The molecule has 0 rings (SSSR count). The molecule has 0 heterocycles. The Morgan fingerprint density at radius 3 is 2.00 bits per heavy atom. The third-order valence-corrected chi connectivity index (χ3v) is 2.26. The maximum Gasteiger partial charge on any atom is 0.0351 e. The second kappa shape index (κ2) is 6.73. The summed E-state index contributed by atoms with van der Waals surface area (Å²) in [7, 11) is 0. The Hall–Kier alpha value is 0.250. The monoisotopic (exact) mass is 191 g/mol. The van der Waals surface area contributed by atoms with Crippen LogP contribution in [-0.4, -0.2) is 29.9 Å².